The highest BCUT2D eigenvalue weighted by Gasteiger charge is 2.06. The van der Waals surface area contributed by atoms with E-state index in [1.165, 1.54) is 11.8 Å². The molecule has 0 heterocycles. The lowest BCUT2D eigenvalue weighted by Gasteiger charge is -2.09. The van der Waals surface area contributed by atoms with E-state index in [1.54, 1.807) is 12.1 Å². The number of thioether (sulfide) groups is 1. The van der Waals surface area contributed by atoms with Gasteiger partial charge in [0.1, 0.15) is 5.75 Å². The number of hydrazine groups is 1. The number of nitrogens with one attached hydrogen (secondary N) is 2. The van der Waals surface area contributed by atoms with Gasteiger partial charge in [-0.25, -0.2) is 0 Å². The van der Waals surface area contributed by atoms with Crippen molar-refractivity contribution < 1.29 is 14.3 Å². The molecular weight excluding hydrogens is 372 g/mol. The van der Waals surface area contributed by atoms with E-state index in [1.807, 2.05) is 43.3 Å². The van der Waals surface area contributed by atoms with Crippen LogP contribution in [0.25, 0.3) is 0 Å². The molecule has 2 rings (SSSR count). The van der Waals surface area contributed by atoms with Crippen LogP contribution in [0.3, 0.4) is 0 Å². The van der Waals surface area contributed by atoms with E-state index in [2.05, 4.69) is 10.9 Å². The number of carbonyl (C=O) groups excluding carboxylic acids is 2. The monoisotopic (exact) mass is 392 g/mol. The van der Waals surface area contributed by atoms with Gasteiger partial charge in [0.2, 0.25) is 11.8 Å². The molecule has 0 radical (unpaired) electrons. The van der Waals surface area contributed by atoms with E-state index in [4.69, 9.17) is 16.3 Å². The van der Waals surface area contributed by atoms with Crippen molar-refractivity contribution in [1.29, 1.82) is 0 Å². The van der Waals surface area contributed by atoms with Crippen LogP contribution >= 0.6 is 23.4 Å². The molecule has 0 spiro atoms. The molecule has 2 amide bonds. The first-order valence-corrected chi connectivity index (χ1v) is 9.55. The second-order valence-corrected chi connectivity index (χ2v) is 7.04. The molecule has 0 saturated heterocycles. The highest BCUT2D eigenvalue weighted by Crippen LogP contribution is 2.19. The van der Waals surface area contributed by atoms with Gasteiger partial charge in [0.15, 0.2) is 0 Å². The average Bonchev–Trinajstić information content (AvgIpc) is 2.64. The van der Waals surface area contributed by atoms with E-state index < -0.39 is 0 Å². The van der Waals surface area contributed by atoms with Gasteiger partial charge in [0.05, 0.1) is 12.4 Å². The Kier molecular flexibility index (Phi) is 8.31. The Morgan fingerprint density at radius 2 is 1.73 bits per heavy atom. The summed E-state index contributed by atoms with van der Waals surface area (Å²) in [5, 5.41) is 0.650. The molecule has 0 aliphatic rings. The predicted octanol–water partition coefficient (Wildman–Crippen LogP) is 3.75. The molecule has 26 heavy (non-hydrogen) atoms. The molecule has 0 aliphatic heterocycles. The first-order chi connectivity index (χ1) is 12.5. The maximum absolute atomic E-state index is 11.7. The quantitative estimate of drug-likeness (QED) is 0.408. The number of hydrogen-bond acceptors (Lipinski definition) is 4. The Morgan fingerprint density at radius 1 is 1.04 bits per heavy atom. The standard InChI is InChI=1S/C19H21ClN2O3S/c1-14-5-2-3-6-17(14)25-12-4-7-18(23)21-22-19(24)13-26-16-10-8-15(20)9-11-16/h2-3,5-6,8-11H,4,7,12-13H2,1H3,(H,21,23)(H,22,24). The van der Waals surface area contributed by atoms with Crippen molar-refractivity contribution >= 4 is 35.2 Å². The van der Waals surface area contributed by atoms with Gasteiger partial charge in [-0.3, -0.25) is 20.4 Å². The average molecular weight is 393 g/mol. The van der Waals surface area contributed by atoms with Gasteiger partial charge in [-0.2, -0.15) is 0 Å². The highest BCUT2D eigenvalue weighted by atomic mass is 35.5. The Balaban J connectivity index is 1.57. The zero-order valence-electron chi connectivity index (χ0n) is 14.5. The number of amides is 2. The second-order valence-electron chi connectivity index (χ2n) is 5.56. The molecule has 0 fully saturated rings. The van der Waals surface area contributed by atoms with Crippen LogP contribution in [0.4, 0.5) is 0 Å². The number of rotatable bonds is 8. The zero-order valence-corrected chi connectivity index (χ0v) is 16.0. The first kappa shape index (κ1) is 20.1. The van der Waals surface area contributed by atoms with Crippen LogP contribution in [0, 0.1) is 6.92 Å². The fourth-order valence-corrected chi connectivity index (χ4v) is 2.88. The molecule has 0 bridgehead atoms. The van der Waals surface area contributed by atoms with Crippen LogP contribution in [0.1, 0.15) is 18.4 Å². The molecule has 0 aromatic heterocycles. The molecule has 0 saturated carbocycles. The van der Waals surface area contributed by atoms with Gasteiger partial charge in [-0.1, -0.05) is 29.8 Å². The number of ether oxygens (including phenoxy) is 1. The van der Waals surface area contributed by atoms with Crippen LogP contribution < -0.4 is 15.6 Å². The van der Waals surface area contributed by atoms with Crippen molar-refractivity contribution in [3.05, 3.63) is 59.1 Å². The molecule has 0 unspecified atom stereocenters. The van der Waals surface area contributed by atoms with Crippen molar-refractivity contribution in [3.63, 3.8) is 0 Å². The Bertz CT molecular complexity index is 738. The summed E-state index contributed by atoms with van der Waals surface area (Å²) in [4.78, 5) is 24.4. The topological polar surface area (TPSA) is 67.4 Å². The third-order valence-electron chi connectivity index (χ3n) is 3.42. The summed E-state index contributed by atoms with van der Waals surface area (Å²) in [5.74, 6) is 0.510. The molecule has 0 atom stereocenters. The third-order valence-corrected chi connectivity index (χ3v) is 4.69. The molecule has 2 N–H and O–H groups in total. The van der Waals surface area contributed by atoms with Crippen molar-refractivity contribution in [2.45, 2.75) is 24.7 Å². The Morgan fingerprint density at radius 3 is 2.46 bits per heavy atom. The van der Waals surface area contributed by atoms with Gasteiger partial charge in [0, 0.05) is 16.3 Å². The molecule has 2 aromatic carbocycles. The molecule has 138 valence electrons. The van der Waals surface area contributed by atoms with Crippen LogP contribution in [-0.2, 0) is 9.59 Å². The van der Waals surface area contributed by atoms with Crippen molar-refractivity contribution in [2.24, 2.45) is 0 Å². The van der Waals surface area contributed by atoms with E-state index in [0.29, 0.717) is 18.1 Å². The number of aryl methyl sites for hydroxylation is 1. The SMILES string of the molecule is Cc1ccccc1OCCCC(=O)NNC(=O)CSc1ccc(Cl)cc1. The Labute approximate surface area is 162 Å². The van der Waals surface area contributed by atoms with Crippen LogP contribution in [0.2, 0.25) is 5.02 Å². The van der Waals surface area contributed by atoms with Gasteiger partial charge in [0.25, 0.3) is 0 Å². The predicted molar refractivity (Wildman–Crippen MR) is 104 cm³/mol. The first-order valence-electron chi connectivity index (χ1n) is 8.19. The van der Waals surface area contributed by atoms with E-state index in [0.717, 1.165) is 16.2 Å². The van der Waals surface area contributed by atoms with Crippen LogP contribution in [0.5, 0.6) is 5.75 Å². The number of carbonyl (C=O) groups is 2. The maximum Gasteiger partial charge on any atom is 0.248 e. The summed E-state index contributed by atoms with van der Waals surface area (Å²) >= 11 is 7.18. The summed E-state index contributed by atoms with van der Waals surface area (Å²) in [6, 6.07) is 14.9. The fraction of sp³-hybridized carbons (Fsp3) is 0.263. The lowest BCUT2D eigenvalue weighted by molar-refractivity contribution is -0.127. The summed E-state index contributed by atoms with van der Waals surface area (Å²) in [7, 11) is 0. The normalized spacial score (nSPS) is 10.2. The molecule has 2 aromatic rings. The fourth-order valence-electron chi connectivity index (χ4n) is 2.05. The van der Waals surface area contributed by atoms with Gasteiger partial charge in [-0.05, 0) is 49.2 Å². The maximum atomic E-state index is 11.7. The lowest BCUT2D eigenvalue weighted by atomic mass is 10.2. The summed E-state index contributed by atoms with van der Waals surface area (Å²) in [5.41, 5.74) is 5.87. The van der Waals surface area contributed by atoms with Gasteiger partial charge >= 0.3 is 0 Å². The summed E-state index contributed by atoms with van der Waals surface area (Å²) in [6.07, 6.45) is 0.839. The Hall–Kier alpha value is -2.18. The van der Waals surface area contributed by atoms with Crippen LogP contribution in [-0.4, -0.2) is 24.2 Å². The van der Waals surface area contributed by atoms with E-state index >= 15 is 0 Å². The minimum Gasteiger partial charge on any atom is -0.493 e. The van der Waals surface area contributed by atoms with E-state index in [-0.39, 0.29) is 24.0 Å². The smallest absolute Gasteiger partial charge is 0.248 e. The van der Waals surface area contributed by atoms with E-state index in [9.17, 15) is 9.59 Å². The van der Waals surface area contributed by atoms with Crippen molar-refractivity contribution in [3.8, 4) is 5.75 Å². The number of benzene rings is 2. The third kappa shape index (κ3) is 7.37. The van der Waals surface area contributed by atoms with Gasteiger partial charge in [-0.15, -0.1) is 11.8 Å². The number of para-hydroxylation sites is 1. The summed E-state index contributed by atoms with van der Waals surface area (Å²) in [6.45, 7) is 2.41. The van der Waals surface area contributed by atoms with Crippen LogP contribution in [0.15, 0.2) is 53.4 Å². The molecule has 5 nitrogen and oxygen atoms in total. The summed E-state index contributed by atoms with van der Waals surface area (Å²) < 4.78 is 5.63. The number of hydrogen-bond donors (Lipinski definition) is 2. The zero-order chi connectivity index (χ0) is 18.8. The molecular formula is C19H21ClN2O3S. The number of halogens is 1. The highest BCUT2D eigenvalue weighted by molar-refractivity contribution is 8.00. The van der Waals surface area contributed by atoms with Crippen molar-refractivity contribution in [2.75, 3.05) is 12.4 Å². The van der Waals surface area contributed by atoms with Crippen molar-refractivity contribution in [1.82, 2.24) is 10.9 Å². The minimum absolute atomic E-state index is 0.207. The minimum atomic E-state index is -0.269. The van der Waals surface area contributed by atoms with Gasteiger partial charge < -0.3 is 4.74 Å². The lowest BCUT2D eigenvalue weighted by Crippen LogP contribution is -2.42. The molecule has 7 heteroatoms. The second kappa shape index (κ2) is 10.7. The largest absolute Gasteiger partial charge is 0.493 e. The molecule has 0 aliphatic carbocycles.